The molecule has 1 aromatic heterocycles. The number of aryl methyl sites for hydroxylation is 2. The lowest BCUT2D eigenvalue weighted by molar-refractivity contribution is 0.177. The first kappa shape index (κ1) is 13.2. The molecule has 1 N–H and O–H groups in total. The van der Waals surface area contributed by atoms with Gasteiger partial charge in [0, 0.05) is 29.7 Å². The van der Waals surface area contributed by atoms with E-state index in [9.17, 15) is 9.50 Å². The number of nitrogens with zero attached hydrogens (tertiary/aromatic N) is 2. The highest BCUT2D eigenvalue weighted by atomic mass is 79.9. The fourth-order valence-corrected chi connectivity index (χ4v) is 2.46. The Balaban J connectivity index is 2.21. The highest BCUT2D eigenvalue weighted by Crippen LogP contribution is 2.25. The zero-order valence-electron chi connectivity index (χ0n) is 10.2. The lowest BCUT2D eigenvalue weighted by Gasteiger charge is -2.11. The highest BCUT2D eigenvalue weighted by Gasteiger charge is 2.15. The van der Waals surface area contributed by atoms with E-state index in [-0.39, 0.29) is 5.82 Å². The summed E-state index contributed by atoms with van der Waals surface area (Å²) in [6.07, 6.45) is 1.59. The van der Waals surface area contributed by atoms with Crippen molar-refractivity contribution in [1.82, 2.24) is 9.78 Å². The Labute approximate surface area is 113 Å². The molecule has 3 nitrogen and oxygen atoms in total. The standard InChI is InChI=1S/C13H14BrFN2O/c1-8-11(7-17(2)16-8)13(18)5-9-3-4-10(15)6-12(9)14/h3-4,6-7,13,18H,5H2,1-2H3. The molecule has 5 heteroatoms. The van der Waals surface area contributed by atoms with Gasteiger partial charge < -0.3 is 5.11 Å². The van der Waals surface area contributed by atoms with Gasteiger partial charge in [-0.25, -0.2) is 4.39 Å². The average Bonchev–Trinajstić information content (AvgIpc) is 2.62. The van der Waals surface area contributed by atoms with Gasteiger partial charge in [-0.05, 0) is 24.6 Å². The summed E-state index contributed by atoms with van der Waals surface area (Å²) in [5.41, 5.74) is 2.48. The van der Waals surface area contributed by atoms with Gasteiger partial charge in [-0.3, -0.25) is 4.68 Å². The largest absolute Gasteiger partial charge is 0.388 e. The molecule has 0 fully saturated rings. The maximum absolute atomic E-state index is 13.0. The molecule has 1 atom stereocenters. The van der Waals surface area contributed by atoms with Crippen LogP contribution in [0.2, 0.25) is 0 Å². The summed E-state index contributed by atoms with van der Waals surface area (Å²) in [4.78, 5) is 0. The summed E-state index contributed by atoms with van der Waals surface area (Å²) in [6.45, 7) is 1.86. The van der Waals surface area contributed by atoms with Crippen molar-refractivity contribution in [2.24, 2.45) is 7.05 Å². The molecule has 0 aliphatic heterocycles. The third kappa shape index (κ3) is 2.79. The third-order valence-electron chi connectivity index (χ3n) is 2.84. The van der Waals surface area contributed by atoms with Gasteiger partial charge in [0.2, 0.25) is 0 Å². The number of rotatable bonds is 3. The number of halogens is 2. The van der Waals surface area contributed by atoms with Crippen LogP contribution in [0.4, 0.5) is 4.39 Å². The van der Waals surface area contributed by atoms with E-state index in [4.69, 9.17) is 0 Å². The first-order chi connectivity index (χ1) is 8.47. The van der Waals surface area contributed by atoms with Gasteiger partial charge in [0.05, 0.1) is 11.8 Å². The first-order valence-electron chi connectivity index (χ1n) is 5.59. The number of hydrogen-bond acceptors (Lipinski definition) is 2. The average molecular weight is 313 g/mol. The van der Waals surface area contributed by atoms with Crippen LogP contribution < -0.4 is 0 Å². The van der Waals surface area contributed by atoms with Crippen LogP contribution in [0.15, 0.2) is 28.9 Å². The normalized spacial score (nSPS) is 12.7. The molecule has 2 aromatic rings. The van der Waals surface area contributed by atoms with Gasteiger partial charge in [-0.15, -0.1) is 0 Å². The number of hydrogen-bond donors (Lipinski definition) is 1. The molecule has 0 aliphatic rings. The van der Waals surface area contributed by atoms with Crippen molar-refractivity contribution in [3.63, 3.8) is 0 Å². The van der Waals surface area contributed by atoms with Crippen molar-refractivity contribution >= 4 is 15.9 Å². The van der Waals surface area contributed by atoms with Crippen LogP contribution in [0.3, 0.4) is 0 Å². The van der Waals surface area contributed by atoms with Crippen molar-refractivity contribution in [3.8, 4) is 0 Å². The van der Waals surface area contributed by atoms with E-state index in [1.165, 1.54) is 12.1 Å². The predicted octanol–water partition coefficient (Wildman–Crippen LogP) is 2.91. The van der Waals surface area contributed by atoms with E-state index < -0.39 is 6.10 Å². The fraction of sp³-hybridized carbons (Fsp3) is 0.308. The van der Waals surface area contributed by atoms with Crippen molar-refractivity contribution < 1.29 is 9.50 Å². The molecule has 1 unspecified atom stereocenters. The van der Waals surface area contributed by atoms with E-state index in [1.807, 2.05) is 14.0 Å². The van der Waals surface area contributed by atoms with Crippen molar-refractivity contribution in [2.45, 2.75) is 19.4 Å². The molecular formula is C13H14BrFN2O. The molecule has 1 aromatic carbocycles. The molecule has 0 radical (unpaired) electrons. The summed E-state index contributed by atoms with van der Waals surface area (Å²) in [7, 11) is 1.82. The Kier molecular flexibility index (Phi) is 3.82. The van der Waals surface area contributed by atoms with Gasteiger partial charge in [0.25, 0.3) is 0 Å². The van der Waals surface area contributed by atoms with Crippen LogP contribution in [0.25, 0.3) is 0 Å². The van der Waals surface area contributed by atoms with Crippen LogP contribution in [0.5, 0.6) is 0 Å². The Hall–Kier alpha value is -1.20. The fourth-order valence-electron chi connectivity index (χ4n) is 1.95. The summed E-state index contributed by atoms with van der Waals surface area (Å²) in [5.74, 6) is -0.294. The van der Waals surface area contributed by atoms with Crippen molar-refractivity contribution in [3.05, 3.63) is 51.5 Å². The molecule has 0 spiro atoms. The van der Waals surface area contributed by atoms with Gasteiger partial charge in [0.15, 0.2) is 0 Å². The van der Waals surface area contributed by atoms with E-state index >= 15 is 0 Å². The van der Waals surface area contributed by atoms with Gasteiger partial charge in [0.1, 0.15) is 5.82 Å². The summed E-state index contributed by atoms with van der Waals surface area (Å²) < 4.78 is 15.3. The lowest BCUT2D eigenvalue weighted by atomic mass is 10.0. The Bertz CT molecular complexity index is 568. The second-order valence-corrected chi connectivity index (χ2v) is 5.15. The molecular weight excluding hydrogens is 299 g/mol. The van der Waals surface area contributed by atoms with Crippen LogP contribution in [-0.4, -0.2) is 14.9 Å². The van der Waals surface area contributed by atoms with Crippen molar-refractivity contribution in [2.75, 3.05) is 0 Å². The second kappa shape index (κ2) is 5.20. The third-order valence-corrected chi connectivity index (χ3v) is 3.58. The number of benzene rings is 1. The first-order valence-corrected chi connectivity index (χ1v) is 6.39. The van der Waals surface area contributed by atoms with E-state index in [0.29, 0.717) is 10.9 Å². The minimum absolute atomic E-state index is 0.294. The molecule has 0 amide bonds. The number of aliphatic hydroxyl groups excluding tert-OH is 1. The lowest BCUT2D eigenvalue weighted by Crippen LogP contribution is -2.03. The van der Waals surface area contributed by atoms with E-state index in [0.717, 1.165) is 16.8 Å². The molecule has 0 bridgehead atoms. The SMILES string of the molecule is Cc1nn(C)cc1C(O)Cc1ccc(F)cc1Br. The minimum Gasteiger partial charge on any atom is -0.388 e. The second-order valence-electron chi connectivity index (χ2n) is 4.30. The van der Waals surface area contributed by atoms with Crippen LogP contribution in [0, 0.1) is 12.7 Å². The maximum Gasteiger partial charge on any atom is 0.124 e. The van der Waals surface area contributed by atoms with E-state index in [2.05, 4.69) is 21.0 Å². The quantitative estimate of drug-likeness (QED) is 0.946. The van der Waals surface area contributed by atoms with Gasteiger partial charge >= 0.3 is 0 Å². The summed E-state index contributed by atoms with van der Waals surface area (Å²) in [5, 5.41) is 14.4. The Morgan fingerprint density at radius 1 is 1.50 bits per heavy atom. The molecule has 18 heavy (non-hydrogen) atoms. The van der Waals surface area contributed by atoms with Crippen LogP contribution >= 0.6 is 15.9 Å². The van der Waals surface area contributed by atoms with Gasteiger partial charge in [-0.2, -0.15) is 5.10 Å². The molecule has 0 saturated heterocycles. The van der Waals surface area contributed by atoms with Crippen LogP contribution in [-0.2, 0) is 13.5 Å². The predicted molar refractivity (Wildman–Crippen MR) is 70.7 cm³/mol. The molecule has 0 saturated carbocycles. The minimum atomic E-state index is -0.638. The maximum atomic E-state index is 13.0. The monoisotopic (exact) mass is 312 g/mol. The Morgan fingerprint density at radius 3 is 2.78 bits per heavy atom. The molecule has 96 valence electrons. The van der Waals surface area contributed by atoms with Gasteiger partial charge in [-0.1, -0.05) is 22.0 Å². The zero-order valence-corrected chi connectivity index (χ0v) is 11.8. The van der Waals surface area contributed by atoms with Crippen LogP contribution in [0.1, 0.15) is 22.9 Å². The summed E-state index contributed by atoms with van der Waals surface area (Å²) in [6, 6.07) is 4.47. The van der Waals surface area contributed by atoms with E-state index in [1.54, 1.807) is 16.9 Å². The molecule has 1 heterocycles. The topological polar surface area (TPSA) is 38.0 Å². The Morgan fingerprint density at radius 2 is 2.22 bits per heavy atom. The number of aliphatic hydroxyl groups is 1. The molecule has 0 aliphatic carbocycles. The zero-order chi connectivity index (χ0) is 13.3. The number of aromatic nitrogens is 2. The smallest absolute Gasteiger partial charge is 0.124 e. The summed E-state index contributed by atoms with van der Waals surface area (Å²) >= 11 is 3.30. The highest BCUT2D eigenvalue weighted by molar-refractivity contribution is 9.10. The van der Waals surface area contributed by atoms with Crippen molar-refractivity contribution in [1.29, 1.82) is 0 Å². The molecule has 2 rings (SSSR count).